The summed E-state index contributed by atoms with van der Waals surface area (Å²) in [7, 11) is 0. The Balaban J connectivity index is 2.18. The van der Waals surface area contributed by atoms with E-state index in [0.29, 0.717) is 15.7 Å². The van der Waals surface area contributed by atoms with Gasteiger partial charge in [0.05, 0.1) is 11.0 Å². The molecular formula is C16H13ClN2OS. The van der Waals surface area contributed by atoms with E-state index >= 15 is 0 Å². The quantitative estimate of drug-likeness (QED) is 0.657. The molecule has 3 nitrogen and oxygen atoms in total. The van der Waals surface area contributed by atoms with Crippen LogP contribution in [0.5, 0.6) is 0 Å². The summed E-state index contributed by atoms with van der Waals surface area (Å²) in [5.41, 5.74) is 3.13. The first-order valence-corrected chi connectivity index (χ1v) is 8.04. The van der Waals surface area contributed by atoms with Gasteiger partial charge in [0.25, 0.3) is 5.91 Å². The van der Waals surface area contributed by atoms with Crippen LogP contribution in [0.15, 0.2) is 47.6 Å². The molecule has 0 fully saturated rings. The fraction of sp³-hybridized carbons (Fsp3) is 0.125. The third-order valence-electron chi connectivity index (χ3n) is 3.33. The van der Waals surface area contributed by atoms with Crippen LogP contribution in [0.3, 0.4) is 0 Å². The van der Waals surface area contributed by atoms with Crippen molar-refractivity contribution in [2.45, 2.75) is 12.1 Å². The number of rotatable bonds is 2. The van der Waals surface area contributed by atoms with Crippen LogP contribution >= 0.6 is 23.4 Å². The Morgan fingerprint density at radius 2 is 2.00 bits per heavy atom. The summed E-state index contributed by atoms with van der Waals surface area (Å²) in [5.74, 6) is -0.116. The van der Waals surface area contributed by atoms with Crippen molar-refractivity contribution in [1.82, 2.24) is 9.55 Å². The lowest BCUT2D eigenvalue weighted by atomic mass is 10.1. The maximum atomic E-state index is 12.8. The largest absolute Gasteiger partial charge is 0.268 e. The maximum absolute atomic E-state index is 12.8. The molecular weight excluding hydrogens is 304 g/mol. The number of carbonyl (C=O) groups excluding carboxylic acids is 1. The van der Waals surface area contributed by atoms with Gasteiger partial charge >= 0.3 is 0 Å². The number of benzene rings is 2. The second kappa shape index (κ2) is 5.54. The van der Waals surface area contributed by atoms with Crippen molar-refractivity contribution >= 4 is 40.3 Å². The number of aromatic nitrogens is 2. The summed E-state index contributed by atoms with van der Waals surface area (Å²) in [6.07, 6.45) is 1.91. The van der Waals surface area contributed by atoms with Gasteiger partial charge in [-0.15, -0.1) is 0 Å². The van der Waals surface area contributed by atoms with Crippen molar-refractivity contribution < 1.29 is 4.79 Å². The number of hydrogen-bond donors (Lipinski definition) is 0. The van der Waals surface area contributed by atoms with Gasteiger partial charge in [0.1, 0.15) is 0 Å². The monoisotopic (exact) mass is 316 g/mol. The van der Waals surface area contributed by atoms with Gasteiger partial charge in [-0.25, -0.2) is 4.98 Å². The third-order valence-corrected chi connectivity index (χ3v) is 4.38. The number of thioether (sulfide) groups is 1. The van der Waals surface area contributed by atoms with Crippen LogP contribution in [-0.4, -0.2) is 21.7 Å². The van der Waals surface area contributed by atoms with Crippen molar-refractivity contribution in [2.24, 2.45) is 0 Å². The SMILES string of the molecule is CSc1nc2ccccc2n1C(=O)c1ccc(C)c(Cl)c1. The van der Waals surface area contributed by atoms with Gasteiger partial charge in [0.2, 0.25) is 0 Å². The van der Waals surface area contributed by atoms with Gasteiger partial charge in [-0.1, -0.05) is 41.6 Å². The molecule has 0 aliphatic rings. The van der Waals surface area contributed by atoms with E-state index in [0.717, 1.165) is 16.6 Å². The molecule has 0 N–H and O–H groups in total. The number of carbonyl (C=O) groups is 1. The number of halogens is 1. The Hall–Kier alpha value is -1.78. The number of fused-ring (bicyclic) bond motifs is 1. The lowest BCUT2D eigenvalue weighted by molar-refractivity contribution is 0.0955. The predicted molar refractivity (Wildman–Crippen MR) is 87.4 cm³/mol. The standard InChI is InChI=1S/C16H13ClN2OS/c1-10-7-8-11(9-12(10)17)15(20)19-14-6-4-3-5-13(14)18-16(19)21-2/h3-9H,1-2H3. The van der Waals surface area contributed by atoms with E-state index in [1.807, 2.05) is 43.5 Å². The van der Waals surface area contributed by atoms with Gasteiger partial charge in [-0.3, -0.25) is 9.36 Å². The van der Waals surface area contributed by atoms with E-state index in [2.05, 4.69) is 4.98 Å². The Morgan fingerprint density at radius 3 is 2.71 bits per heavy atom. The van der Waals surface area contributed by atoms with Crippen molar-refractivity contribution in [3.63, 3.8) is 0 Å². The molecule has 106 valence electrons. The Bertz CT molecular complexity index is 841. The average Bonchev–Trinajstić information content (AvgIpc) is 2.87. The fourth-order valence-electron chi connectivity index (χ4n) is 2.19. The molecule has 1 heterocycles. The number of nitrogens with zero attached hydrogens (tertiary/aromatic N) is 2. The maximum Gasteiger partial charge on any atom is 0.264 e. The normalized spacial score (nSPS) is 11.0. The van der Waals surface area contributed by atoms with Gasteiger partial charge in [-0.2, -0.15) is 0 Å². The molecule has 21 heavy (non-hydrogen) atoms. The van der Waals surface area contributed by atoms with E-state index in [-0.39, 0.29) is 5.91 Å². The summed E-state index contributed by atoms with van der Waals surface area (Å²) >= 11 is 7.58. The first kappa shape index (κ1) is 14.2. The molecule has 0 radical (unpaired) electrons. The highest BCUT2D eigenvalue weighted by atomic mass is 35.5. The van der Waals surface area contributed by atoms with Crippen LogP contribution in [0.25, 0.3) is 11.0 Å². The molecule has 2 aromatic carbocycles. The van der Waals surface area contributed by atoms with Crippen molar-refractivity contribution in [3.05, 3.63) is 58.6 Å². The molecule has 0 spiro atoms. The molecule has 0 aliphatic carbocycles. The molecule has 1 aromatic heterocycles. The molecule has 0 bridgehead atoms. The summed E-state index contributed by atoms with van der Waals surface area (Å²) in [6.45, 7) is 1.91. The van der Waals surface area contributed by atoms with Crippen LogP contribution in [-0.2, 0) is 0 Å². The Morgan fingerprint density at radius 1 is 1.24 bits per heavy atom. The average molecular weight is 317 g/mol. The zero-order valence-electron chi connectivity index (χ0n) is 11.6. The predicted octanol–water partition coefficient (Wildman–Crippen LogP) is 4.41. The van der Waals surface area contributed by atoms with Crippen LogP contribution in [0.1, 0.15) is 15.9 Å². The second-order valence-electron chi connectivity index (χ2n) is 4.69. The molecule has 0 unspecified atom stereocenters. The molecule has 0 saturated heterocycles. The lowest BCUT2D eigenvalue weighted by Gasteiger charge is -2.07. The van der Waals surface area contributed by atoms with Crippen LogP contribution in [0.2, 0.25) is 5.02 Å². The number of para-hydroxylation sites is 2. The fourth-order valence-corrected chi connectivity index (χ4v) is 2.93. The number of hydrogen-bond acceptors (Lipinski definition) is 3. The van der Waals surface area contributed by atoms with Gasteiger partial charge < -0.3 is 0 Å². The van der Waals surface area contributed by atoms with Gasteiger partial charge in [-0.05, 0) is 43.0 Å². The van der Waals surface area contributed by atoms with Crippen LogP contribution in [0, 0.1) is 6.92 Å². The highest BCUT2D eigenvalue weighted by Gasteiger charge is 2.18. The van der Waals surface area contributed by atoms with E-state index in [1.165, 1.54) is 11.8 Å². The smallest absolute Gasteiger partial charge is 0.264 e. The topological polar surface area (TPSA) is 34.9 Å². The molecule has 3 rings (SSSR count). The van der Waals surface area contributed by atoms with Crippen molar-refractivity contribution in [2.75, 3.05) is 6.26 Å². The molecule has 5 heteroatoms. The minimum absolute atomic E-state index is 0.116. The second-order valence-corrected chi connectivity index (χ2v) is 5.87. The Kier molecular flexibility index (Phi) is 3.74. The summed E-state index contributed by atoms with van der Waals surface area (Å²) < 4.78 is 1.64. The Labute approximate surface area is 131 Å². The molecule has 0 aliphatic heterocycles. The first-order chi connectivity index (χ1) is 10.1. The highest BCUT2D eigenvalue weighted by molar-refractivity contribution is 7.98. The first-order valence-electron chi connectivity index (χ1n) is 6.44. The molecule has 0 atom stereocenters. The third kappa shape index (κ3) is 2.45. The van der Waals surface area contributed by atoms with E-state index < -0.39 is 0 Å². The zero-order chi connectivity index (χ0) is 15.0. The summed E-state index contributed by atoms with van der Waals surface area (Å²) in [4.78, 5) is 17.3. The van der Waals surface area contributed by atoms with Crippen LogP contribution < -0.4 is 0 Å². The number of imidazole rings is 1. The minimum atomic E-state index is -0.116. The molecule has 0 saturated carbocycles. The van der Waals surface area contributed by atoms with Crippen molar-refractivity contribution in [1.29, 1.82) is 0 Å². The van der Waals surface area contributed by atoms with Gasteiger partial charge in [0.15, 0.2) is 5.16 Å². The van der Waals surface area contributed by atoms with Crippen molar-refractivity contribution in [3.8, 4) is 0 Å². The van der Waals surface area contributed by atoms with Crippen LogP contribution in [0.4, 0.5) is 0 Å². The lowest BCUT2D eigenvalue weighted by Crippen LogP contribution is -2.13. The minimum Gasteiger partial charge on any atom is -0.268 e. The molecule has 3 aromatic rings. The van der Waals surface area contributed by atoms with Gasteiger partial charge in [0, 0.05) is 10.6 Å². The summed E-state index contributed by atoms with van der Waals surface area (Å²) in [5, 5.41) is 1.27. The van der Waals surface area contributed by atoms with E-state index in [4.69, 9.17) is 11.6 Å². The summed E-state index contributed by atoms with van der Waals surface area (Å²) in [6, 6.07) is 13.0. The van der Waals surface area contributed by atoms with E-state index in [9.17, 15) is 4.79 Å². The highest BCUT2D eigenvalue weighted by Crippen LogP contribution is 2.25. The number of aryl methyl sites for hydroxylation is 1. The van der Waals surface area contributed by atoms with E-state index in [1.54, 1.807) is 16.7 Å². The zero-order valence-corrected chi connectivity index (χ0v) is 13.2. The molecule has 0 amide bonds.